The lowest BCUT2D eigenvalue weighted by molar-refractivity contribution is 1.18. The van der Waals surface area contributed by atoms with Crippen LogP contribution in [0.25, 0.3) is 0 Å². The summed E-state index contributed by atoms with van der Waals surface area (Å²) in [6, 6.07) is 10.2. The molecule has 1 aromatic heterocycles. The number of benzene rings is 1. The minimum atomic E-state index is 1.04. The van der Waals surface area contributed by atoms with Crippen LogP contribution in [0.4, 0.5) is 5.69 Å². The van der Waals surface area contributed by atoms with Gasteiger partial charge in [-0.1, -0.05) is 25.1 Å². The molecule has 0 amide bonds. The number of anilines is 1. The van der Waals surface area contributed by atoms with E-state index < -0.39 is 0 Å². The summed E-state index contributed by atoms with van der Waals surface area (Å²) in [6.45, 7) is 4.22. The molecule has 2 rings (SSSR count). The molecule has 0 unspecified atom stereocenters. The average Bonchev–Trinajstić information content (AvgIpc) is 2.72. The summed E-state index contributed by atoms with van der Waals surface area (Å²) in [5.41, 5.74) is 5.30. The average molecular weight is 323 g/mol. The van der Waals surface area contributed by atoms with Gasteiger partial charge in [0.2, 0.25) is 0 Å². The maximum absolute atomic E-state index is 4.28. The minimum absolute atomic E-state index is 1.04. The van der Waals surface area contributed by atoms with E-state index in [0.29, 0.717) is 0 Å². The molecule has 18 heavy (non-hydrogen) atoms. The number of nitrogens with zero attached hydrogens (tertiary/aromatic N) is 1. The fourth-order valence-electron chi connectivity index (χ4n) is 1.59. The van der Waals surface area contributed by atoms with E-state index in [0.717, 1.165) is 17.0 Å². The summed E-state index contributed by atoms with van der Waals surface area (Å²) in [6.07, 6.45) is 2.91. The Morgan fingerprint density at radius 3 is 2.83 bits per heavy atom. The molecule has 0 aliphatic carbocycles. The molecule has 1 aromatic carbocycles. The highest BCUT2D eigenvalue weighted by molar-refractivity contribution is 9.10. The summed E-state index contributed by atoms with van der Waals surface area (Å²) < 4.78 is 1.17. The van der Waals surface area contributed by atoms with Gasteiger partial charge in [-0.15, -0.1) is 11.3 Å². The van der Waals surface area contributed by atoms with Crippen molar-refractivity contribution in [2.24, 2.45) is 5.10 Å². The number of hydrazone groups is 1. The van der Waals surface area contributed by atoms with Gasteiger partial charge in [0.05, 0.1) is 11.9 Å². The molecular weight excluding hydrogens is 308 g/mol. The number of rotatable bonds is 4. The van der Waals surface area contributed by atoms with Gasteiger partial charge >= 0.3 is 0 Å². The summed E-state index contributed by atoms with van der Waals surface area (Å²) in [7, 11) is 0. The molecule has 0 saturated carbocycles. The molecule has 4 heteroatoms. The molecule has 94 valence electrons. The Balaban J connectivity index is 2.05. The van der Waals surface area contributed by atoms with Crippen LogP contribution in [0.1, 0.15) is 22.2 Å². The van der Waals surface area contributed by atoms with Crippen LogP contribution in [0.2, 0.25) is 0 Å². The summed E-state index contributed by atoms with van der Waals surface area (Å²) in [5.74, 6) is 0. The Hall–Kier alpha value is -1.13. The van der Waals surface area contributed by atoms with Crippen LogP contribution < -0.4 is 5.43 Å². The van der Waals surface area contributed by atoms with Crippen molar-refractivity contribution >= 4 is 39.2 Å². The standard InChI is InChI=1S/C14H15BrN2S/c1-3-14-12(15)8-11(18-14)9-16-17-13-7-5-4-6-10(13)2/h4-9,17H,3H2,1-2H3. The largest absolute Gasteiger partial charge is 0.278 e. The molecule has 0 bridgehead atoms. The molecular formula is C14H15BrN2S. The minimum Gasteiger partial charge on any atom is -0.278 e. The Morgan fingerprint density at radius 1 is 1.39 bits per heavy atom. The Morgan fingerprint density at radius 2 is 2.17 bits per heavy atom. The number of nitrogens with one attached hydrogen (secondary N) is 1. The van der Waals surface area contributed by atoms with Crippen molar-refractivity contribution in [3.8, 4) is 0 Å². The van der Waals surface area contributed by atoms with Crippen LogP contribution in [0, 0.1) is 6.92 Å². The number of hydrogen-bond acceptors (Lipinski definition) is 3. The first-order valence-corrected chi connectivity index (χ1v) is 7.44. The molecule has 0 radical (unpaired) electrons. The third-order valence-corrected chi connectivity index (χ3v) is 4.80. The van der Waals surface area contributed by atoms with E-state index in [9.17, 15) is 0 Å². The van der Waals surface area contributed by atoms with E-state index in [-0.39, 0.29) is 0 Å². The Kier molecular flexibility index (Phi) is 4.55. The predicted molar refractivity (Wildman–Crippen MR) is 83.8 cm³/mol. The molecule has 1 N–H and O–H groups in total. The van der Waals surface area contributed by atoms with Gasteiger partial charge in [-0.2, -0.15) is 5.10 Å². The van der Waals surface area contributed by atoms with E-state index in [1.807, 2.05) is 24.4 Å². The highest BCUT2D eigenvalue weighted by atomic mass is 79.9. The van der Waals surface area contributed by atoms with Crippen LogP contribution in [-0.4, -0.2) is 6.21 Å². The monoisotopic (exact) mass is 322 g/mol. The molecule has 0 atom stereocenters. The van der Waals surface area contributed by atoms with Gasteiger partial charge < -0.3 is 0 Å². The molecule has 0 aliphatic heterocycles. The second-order valence-electron chi connectivity index (χ2n) is 3.96. The molecule has 2 aromatic rings. The highest BCUT2D eigenvalue weighted by Gasteiger charge is 2.02. The van der Waals surface area contributed by atoms with Gasteiger partial charge in [0.1, 0.15) is 0 Å². The first-order valence-electron chi connectivity index (χ1n) is 5.83. The predicted octanol–water partition coefficient (Wildman–Crippen LogP) is 4.83. The van der Waals surface area contributed by atoms with Crippen molar-refractivity contribution in [2.75, 3.05) is 5.43 Å². The fraction of sp³-hybridized carbons (Fsp3) is 0.214. The second kappa shape index (κ2) is 6.16. The zero-order chi connectivity index (χ0) is 13.0. The lowest BCUT2D eigenvalue weighted by Gasteiger charge is -2.02. The smallest absolute Gasteiger partial charge is 0.0645 e. The zero-order valence-electron chi connectivity index (χ0n) is 10.4. The summed E-state index contributed by atoms with van der Waals surface area (Å²) >= 11 is 5.32. The van der Waals surface area contributed by atoms with Gasteiger partial charge in [0, 0.05) is 14.2 Å². The first-order chi connectivity index (χ1) is 8.70. The Labute approximate surface area is 120 Å². The number of halogens is 1. The first kappa shape index (κ1) is 13.3. The molecule has 0 fully saturated rings. The molecule has 0 aliphatic rings. The number of hydrogen-bond donors (Lipinski definition) is 1. The number of thiophene rings is 1. The van der Waals surface area contributed by atoms with Crippen LogP contribution in [0.3, 0.4) is 0 Å². The van der Waals surface area contributed by atoms with Crippen molar-refractivity contribution in [1.29, 1.82) is 0 Å². The highest BCUT2D eigenvalue weighted by Crippen LogP contribution is 2.26. The molecule has 2 nitrogen and oxygen atoms in total. The van der Waals surface area contributed by atoms with Gasteiger partial charge in [0.25, 0.3) is 0 Å². The van der Waals surface area contributed by atoms with E-state index >= 15 is 0 Å². The SMILES string of the molecule is CCc1sc(C=NNc2ccccc2C)cc1Br. The molecule has 0 spiro atoms. The lowest BCUT2D eigenvalue weighted by atomic mass is 10.2. The maximum Gasteiger partial charge on any atom is 0.0645 e. The third-order valence-electron chi connectivity index (χ3n) is 2.62. The number of aryl methyl sites for hydroxylation is 2. The lowest BCUT2D eigenvalue weighted by Crippen LogP contribution is -1.91. The van der Waals surface area contributed by atoms with Gasteiger partial charge in [-0.3, -0.25) is 5.43 Å². The second-order valence-corrected chi connectivity index (χ2v) is 5.98. The summed E-state index contributed by atoms with van der Waals surface area (Å²) in [5, 5.41) is 4.28. The van der Waals surface area contributed by atoms with Crippen molar-refractivity contribution < 1.29 is 0 Å². The summed E-state index contributed by atoms with van der Waals surface area (Å²) in [4.78, 5) is 2.51. The van der Waals surface area contributed by atoms with Crippen LogP contribution >= 0.6 is 27.3 Å². The number of para-hydroxylation sites is 1. The van der Waals surface area contributed by atoms with Gasteiger partial charge in [-0.25, -0.2) is 0 Å². The van der Waals surface area contributed by atoms with E-state index in [1.54, 1.807) is 11.3 Å². The Bertz CT molecular complexity index is 561. The molecule has 0 saturated heterocycles. The zero-order valence-corrected chi connectivity index (χ0v) is 12.8. The van der Waals surface area contributed by atoms with Crippen molar-refractivity contribution in [2.45, 2.75) is 20.3 Å². The fourth-order valence-corrected chi connectivity index (χ4v) is 3.38. The van der Waals surface area contributed by atoms with Crippen LogP contribution in [0.15, 0.2) is 39.9 Å². The maximum atomic E-state index is 4.28. The molecule has 1 heterocycles. The van der Waals surface area contributed by atoms with Gasteiger partial charge in [0.15, 0.2) is 0 Å². The topological polar surface area (TPSA) is 24.4 Å². The normalized spacial score (nSPS) is 11.1. The van der Waals surface area contributed by atoms with Crippen LogP contribution in [-0.2, 0) is 6.42 Å². The van der Waals surface area contributed by atoms with Gasteiger partial charge in [-0.05, 0) is 47.0 Å². The third kappa shape index (κ3) is 3.21. The van der Waals surface area contributed by atoms with E-state index in [4.69, 9.17) is 0 Å². The van der Waals surface area contributed by atoms with Crippen LogP contribution in [0.5, 0.6) is 0 Å². The van der Waals surface area contributed by atoms with Crippen molar-refractivity contribution in [3.05, 3.63) is 50.1 Å². The quantitative estimate of drug-likeness (QED) is 0.633. The van der Waals surface area contributed by atoms with Crippen molar-refractivity contribution in [3.63, 3.8) is 0 Å². The van der Waals surface area contributed by atoms with E-state index in [2.05, 4.69) is 52.4 Å². The van der Waals surface area contributed by atoms with Crippen molar-refractivity contribution in [1.82, 2.24) is 0 Å². The van der Waals surface area contributed by atoms with E-state index in [1.165, 1.54) is 14.9 Å².